The van der Waals surface area contributed by atoms with Gasteiger partial charge in [-0.1, -0.05) is 33.4 Å². The summed E-state index contributed by atoms with van der Waals surface area (Å²) >= 11 is 0. The summed E-state index contributed by atoms with van der Waals surface area (Å²) in [5.74, 6) is 0. The molecule has 1 aromatic rings. The average Bonchev–Trinajstić information content (AvgIpc) is 2.20. The van der Waals surface area contributed by atoms with E-state index in [9.17, 15) is 0 Å². The molecule has 0 amide bonds. The number of hydrogen-bond donors (Lipinski definition) is 1. The van der Waals surface area contributed by atoms with Gasteiger partial charge in [0.25, 0.3) is 0 Å². The van der Waals surface area contributed by atoms with E-state index in [0.717, 1.165) is 0 Å². The van der Waals surface area contributed by atoms with Gasteiger partial charge in [0.15, 0.2) is 0 Å². The normalized spacial score (nSPS) is 11.9. The van der Waals surface area contributed by atoms with Gasteiger partial charge in [0.05, 0.1) is 0 Å². The Morgan fingerprint density at radius 1 is 1.00 bits per heavy atom. The van der Waals surface area contributed by atoms with E-state index < -0.39 is 0 Å². The van der Waals surface area contributed by atoms with Gasteiger partial charge >= 0.3 is 0 Å². The maximum Gasteiger partial charge on any atom is 0.0268 e. The van der Waals surface area contributed by atoms with Crippen molar-refractivity contribution in [2.24, 2.45) is 0 Å². The van der Waals surface area contributed by atoms with Gasteiger partial charge in [0, 0.05) is 5.54 Å². The van der Waals surface area contributed by atoms with E-state index in [0.29, 0.717) is 0 Å². The zero-order valence-corrected chi connectivity index (χ0v) is 10.5. The van der Waals surface area contributed by atoms with Crippen LogP contribution in [0, 0.1) is 27.7 Å². The van der Waals surface area contributed by atoms with Crippen molar-refractivity contribution in [1.82, 2.24) is 0 Å². The lowest BCUT2D eigenvalue weighted by molar-refractivity contribution is 0.633. The highest BCUT2D eigenvalue weighted by Crippen LogP contribution is 2.32. The second kappa shape index (κ2) is 3.38. The number of nitrogens with one attached hydrogen (secondary N) is 1. The van der Waals surface area contributed by atoms with Gasteiger partial charge in [-0.3, -0.25) is 0 Å². The summed E-state index contributed by atoms with van der Waals surface area (Å²) < 4.78 is 0. The molecule has 1 heteroatoms. The Hall–Kier alpha value is -0.850. The van der Waals surface area contributed by atoms with E-state index in [1.807, 2.05) is 0 Å². The van der Waals surface area contributed by atoms with Gasteiger partial charge < -0.3 is 5.32 Å². The van der Waals surface area contributed by atoms with Crippen molar-refractivity contribution in [1.29, 1.82) is 0 Å². The molecule has 0 aliphatic rings. The van der Waals surface area contributed by atoms with Crippen LogP contribution in [0.15, 0.2) is 0 Å². The SMILES string of the molecule is Cc1c(C)c(NC(C)(C)C)[c-](C)c1C. The average molecular weight is 192 g/mol. The van der Waals surface area contributed by atoms with Crippen LogP contribution in [-0.2, 0) is 0 Å². The fraction of sp³-hybridized carbons (Fsp3) is 0.615. The highest BCUT2D eigenvalue weighted by molar-refractivity contribution is 5.66. The fourth-order valence-electron chi connectivity index (χ4n) is 1.78. The molecule has 0 aliphatic heterocycles. The van der Waals surface area contributed by atoms with Crippen molar-refractivity contribution in [2.45, 2.75) is 54.0 Å². The lowest BCUT2D eigenvalue weighted by Gasteiger charge is -2.27. The quantitative estimate of drug-likeness (QED) is 0.666. The van der Waals surface area contributed by atoms with Crippen LogP contribution in [0.2, 0.25) is 0 Å². The molecule has 1 aromatic carbocycles. The second-order valence-corrected chi connectivity index (χ2v) is 5.25. The minimum atomic E-state index is 0.142. The number of hydrogen-bond acceptors (Lipinski definition) is 1. The van der Waals surface area contributed by atoms with Crippen molar-refractivity contribution in [3.05, 3.63) is 22.3 Å². The van der Waals surface area contributed by atoms with E-state index in [2.05, 4.69) is 53.8 Å². The number of anilines is 1. The third-order valence-electron chi connectivity index (χ3n) is 2.94. The molecule has 0 radical (unpaired) electrons. The van der Waals surface area contributed by atoms with Crippen molar-refractivity contribution < 1.29 is 0 Å². The van der Waals surface area contributed by atoms with Gasteiger partial charge in [0.2, 0.25) is 0 Å². The highest BCUT2D eigenvalue weighted by Gasteiger charge is 2.11. The number of rotatable bonds is 1. The Morgan fingerprint density at radius 2 is 1.50 bits per heavy atom. The lowest BCUT2D eigenvalue weighted by Crippen LogP contribution is -2.26. The first kappa shape index (κ1) is 11.2. The Kier molecular flexibility index (Phi) is 2.71. The molecule has 1 nitrogen and oxygen atoms in total. The maximum absolute atomic E-state index is 3.58. The first-order valence-electron chi connectivity index (χ1n) is 5.25. The summed E-state index contributed by atoms with van der Waals surface area (Å²) in [6.45, 7) is 15.4. The minimum Gasteiger partial charge on any atom is -0.402 e. The van der Waals surface area contributed by atoms with Crippen LogP contribution >= 0.6 is 0 Å². The molecule has 1 rings (SSSR count). The van der Waals surface area contributed by atoms with E-state index in [1.165, 1.54) is 27.9 Å². The summed E-state index contributed by atoms with van der Waals surface area (Å²) in [5.41, 5.74) is 7.11. The van der Waals surface area contributed by atoms with E-state index in [-0.39, 0.29) is 5.54 Å². The molecule has 0 aromatic heterocycles. The molecule has 80 valence electrons. The Morgan fingerprint density at radius 3 is 1.79 bits per heavy atom. The summed E-state index contributed by atoms with van der Waals surface area (Å²) in [4.78, 5) is 0. The van der Waals surface area contributed by atoms with Crippen molar-refractivity contribution >= 4 is 5.69 Å². The summed E-state index contributed by atoms with van der Waals surface area (Å²) in [5, 5.41) is 3.58. The van der Waals surface area contributed by atoms with Crippen LogP contribution in [0.5, 0.6) is 0 Å². The molecule has 0 bridgehead atoms. The molecular formula is C13H22N-. The predicted molar refractivity (Wildman–Crippen MR) is 64.4 cm³/mol. The Labute approximate surface area is 87.9 Å². The van der Waals surface area contributed by atoms with Crippen LogP contribution in [0.25, 0.3) is 0 Å². The van der Waals surface area contributed by atoms with Crippen molar-refractivity contribution in [2.75, 3.05) is 5.32 Å². The molecule has 0 saturated heterocycles. The summed E-state index contributed by atoms with van der Waals surface area (Å²) in [6.07, 6.45) is 0. The molecular weight excluding hydrogens is 170 g/mol. The van der Waals surface area contributed by atoms with Crippen molar-refractivity contribution in [3.8, 4) is 0 Å². The van der Waals surface area contributed by atoms with Gasteiger partial charge in [0.1, 0.15) is 0 Å². The summed E-state index contributed by atoms with van der Waals surface area (Å²) in [7, 11) is 0. The first-order chi connectivity index (χ1) is 6.24. The molecule has 14 heavy (non-hydrogen) atoms. The second-order valence-electron chi connectivity index (χ2n) is 5.25. The summed E-state index contributed by atoms with van der Waals surface area (Å²) in [6, 6.07) is 0. The van der Waals surface area contributed by atoms with Gasteiger partial charge in [-0.05, 0) is 20.8 Å². The van der Waals surface area contributed by atoms with Crippen LogP contribution in [0.1, 0.15) is 43.0 Å². The molecule has 0 heterocycles. The Balaban J connectivity index is 3.16. The topological polar surface area (TPSA) is 12.0 Å². The van der Waals surface area contributed by atoms with Crippen molar-refractivity contribution in [3.63, 3.8) is 0 Å². The van der Waals surface area contributed by atoms with Gasteiger partial charge in [-0.15, -0.1) is 5.56 Å². The molecule has 0 spiro atoms. The van der Waals surface area contributed by atoms with E-state index in [4.69, 9.17) is 0 Å². The van der Waals surface area contributed by atoms with Crippen LogP contribution in [0.3, 0.4) is 0 Å². The fourth-order valence-corrected chi connectivity index (χ4v) is 1.78. The van der Waals surface area contributed by atoms with Crippen LogP contribution in [-0.4, -0.2) is 5.54 Å². The zero-order valence-electron chi connectivity index (χ0n) is 10.5. The minimum absolute atomic E-state index is 0.142. The Bertz CT molecular complexity index is 312. The monoisotopic (exact) mass is 192 g/mol. The molecule has 0 aliphatic carbocycles. The third-order valence-corrected chi connectivity index (χ3v) is 2.94. The lowest BCUT2D eigenvalue weighted by atomic mass is 10.1. The standard InChI is InChI=1S/C13H22N/c1-8-9(2)11(4)12(10(8)3)14-13(5,6)7/h14H,1-7H3/q-1. The van der Waals surface area contributed by atoms with Gasteiger partial charge in [-0.2, -0.15) is 16.7 Å². The van der Waals surface area contributed by atoms with Gasteiger partial charge in [-0.25, -0.2) is 0 Å². The maximum atomic E-state index is 3.58. The molecule has 0 saturated carbocycles. The highest BCUT2D eigenvalue weighted by atomic mass is 15.0. The predicted octanol–water partition coefficient (Wildman–Crippen LogP) is 3.85. The van der Waals surface area contributed by atoms with Crippen LogP contribution in [0.4, 0.5) is 5.69 Å². The molecule has 0 fully saturated rings. The first-order valence-corrected chi connectivity index (χ1v) is 5.25. The third kappa shape index (κ3) is 1.97. The molecule has 0 atom stereocenters. The van der Waals surface area contributed by atoms with Crippen LogP contribution < -0.4 is 5.32 Å². The van der Waals surface area contributed by atoms with E-state index in [1.54, 1.807) is 0 Å². The zero-order chi connectivity index (χ0) is 11.1. The molecule has 1 N–H and O–H groups in total. The largest absolute Gasteiger partial charge is 0.402 e. The smallest absolute Gasteiger partial charge is 0.0268 e. The molecule has 0 unspecified atom stereocenters. The van der Waals surface area contributed by atoms with E-state index >= 15 is 0 Å².